The number of pyridine rings is 2. The van der Waals surface area contributed by atoms with Crippen molar-refractivity contribution < 1.29 is 17.5 Å². The van der Waals surface area contributed by atoms with Crippen LogP contribution < -0.4 is 9.64 Å². The van der Waals surface area contributed by atoms with E-state index in [2.05, 4.69) is 20.2 Å². The summed E-state index contributed by atoms with van der Waals surface area (Å²) in [5.74, 6) is 0.896. The number of nitrogens with zero attached hydrogens (tertiary/aromatic N) is 4. The van der Waals surface area contributed by atoms with Crippen molar-refractivity contribution in [2.24, 2.45) is 5.41 Å². The minimum Gasteiger partial charge on any atom is -0.486 e. The van der Waals surface area contributed by atoms with Gasteiger partial charge in [0.25, 0.3) is 0 Å². The number of ether oxygens (including phenoxy) is 1. The Morgan fingerprint density at radius 3 is 2.51 bits per heavy atom. The first-order valence-corrected chi connectivity index (χ1v) is 15.3. The van der Waals surface area contributed by atoms with Gasteiger partial charge in [-0.25, -0.2) is 17.8 Å². The van der Waals surface area contributed by atoms with E-state index in [1.807, 2.05) is 30.0 Å². The Balaban J connectivity index is 1.22. The van der Waals surface area contributed by atoms with Gasteiger partial charge in [0.2, 0.25) is 0 Å². The molecule has 8 nitrogen and oxygen atoms in total. The topological polar surface area (TPSA) is 101 Å². The van der Waals surface area contributed by atoms with Crippen LogP contribution in [0.3, 0.4) is 0 Å². The van der Waals surface area contributed by atoms with Crippen molar-refractivity contribution >= 4 is 49.8 Å². The van der Waals surface area contributed by atoms with Crippen LogP contribution in [0.25, 0.3) is 22.2 Å². The van der Waals surface area contributed by atoms with Gasteiger partial charge in [-0.05, 0) is 55.9 Å². The largest absolute Gasteiger partial charge is 0.486 e. The molecule has 204 valence electrons. The van der Waals surface area contributed by atoms with E-state index in [0.29, 0.717) is 52.1 Å². The van der Waals surface area contributed by atoms with Gasteiger partial charge < -0.3 is 9.64 Å². The average molecular weight is 591 g/mol. The molecule has 1 spiro atoms. The number of aromatic nitrogens is 4. The molecule has 6 rings (SSSR count). The smallest absolute Gasteiger partial charge is 0.166 e. The minimum atomic E-state index is -2.96. The van der Waals surface area contributed by atoms with Gasteiger partial charge in [0, 0.05) is 48.2 Å². The number of hydrogen-bond donors (Lipinski definition) is 1. The van der Waals surface area contributed by atoms with E-state index in [9.17, 15) is 8.42 Å². The summed E-state index contributed by atoms with van der Waals surface area (Å²) < 4.78 is 45.5. The van der Waals surface area contributed by atoms with Crippen molar-refractivity contribution in [2.75, 3.05) is 29.5 Å². The van der Waals surface area contributed by atoms with Crippen LogP contribution in [-0.2, 0) is 9.84 Å². The summed E-state index contributed by atoms with van der Waals surface area (Å²) in [6, 6.07) is 6.92. The first kappa shape index (κ1) is 26.3. The zero-order valence-electron chi connectivity index (χ0n) is 21.1. The fraction of sp³-hybridized carbons (Fsp3) is 0.370. The Hall–Kier alpha value is -2.95. The third kappa shape index (κ3) is 5.05. The second-order valence-corrected chi connectivity index (χ2v) is 13.4. The fourth-order valence-electron chi connectivity index (χ4n) is 5.72. The van der Waals surface area contributed by atoms with Crippen LogP contribution in [0.1, 0.15) is 37.9 Å². The third-order valence-corrected chi connectivity index (χ3v) is 10.3. The molecule has 0 amide bonds. The summed E-state index contributed by atoms with van der Waals surface area (Å²) in [5, 5.41) is 8.98. The first-order chi connectivity index (χ1) is 18.6. The normalized spacial score (nSPS) is 19.0. The van der Waals surface area contributed by atoms with Gasteiger partial charge in [0.15, 0.2) is 21.5 Å². The lowest BCUT2D eigenvalue weighted by molar-refractivity contribution is 0.227. The van der Waals surface area contributed by atoms with E-state index in [1.165, 1.54) is 18.5 Å². The first-order valence-electron chi connectivity index (χ1n) is 12.7. The minimum absolute atomic E-state index is 0.176. The highest BCUT2D eigenvalue weighted by molar-refractivity contribution is 7.91. The Bertz CT molecular complexity index is 1650. The molecule has 0 saturated carbocycles. The second-order valence-electron chi connectivity index (χ2n) is 10.4. The van der Waals surface area contributed by atoms with Crippen LogP contribution in [0, 0.1) is 11.2 Å². The fourth-order valence-corrected chi connectivity index (χ4v) is 8.65. The van der Waals surface area contributed by atoms with Gasteiger partial charge >= 0.3 is 0 Å². The number of piperidine rings is 1. The Labute approximate surface area is 235 Å². The van der Waals surface area contributed by atoms with E-state index in [4.69, 9.17) is 27.9 Å². The Morgan fingerprint density at radius 2 is 1.85 bits per heavy atom. The molecule has 1 atom stereocenters. The number of anilines is 1. The van der Waals surface area contributed by atoms with Crippen molar-refractivity contribution in [3.05, 3.63) is 64.3 Å². The standard InChI is InChI=1S/C27H26Cl2FN5O3S/c1-16(24-20(28)13-31-14-21(24)29)38-18-2-3-23-19(11-18)25(34-33-23)17-10-22(30)26(32-12-17)35-7-4-27(5-8-35)6-9-39(36,37)15-27/h2-3,10-14,16H,4-9,15H2,1H3,(H,33,34)/t16-/m1/s1. The van der Waals surface area contributed by atoms with Gasteiger partial charge in [-0.15, -0.1) is 0 Å². The lowest BCUT2D eigenvalue weighted by Gasteiger charge is -2.39. The molecule has 2 fully saturated rings. The molecule has 1 aromatic carbocycles. The van der Waals surface area contributed by atoms with Crippen LogP contribution in [0.15, 0.2) is 42.9 Å². The maximum atomic E-state index is 15.3. The third-order valence-electron chi connectivity index (χ3n) is 7.83. The van der Waals surface area contributed by atoms with Gasteiger partial charge in [0.05, 0.1) is 27.1 Å². The molecule has 0 radical (unpaired) electrons. The zero-order chi connectivity index (χ0) is 27.4. The molecule has 39 heavy (non-hydrogen) atoms. The number of hydrogen-bond acceptors (Lipinski definition) is 7. The molecule has 2 aliphatic rings. The van der Waals surface area contributed by atoms with Crippen molar-refractivity contribution in [1.29, 1.82) is 0 Å². The maximum Gasteiger partial charge on any atom is 0.166 e. The Kier molecular flexibility index (Phi) is 6.68. The van der Waals surface area contributed by atoms with Crippen molar-refractivity contribution in [1.82, 2.24) is 20.2 Å². The zero-order valence-corrected chi connectivity index (χ0v) is 23.5. The molecule has 2 saturated heterocycles. The van der Waals surface area contributed by atoms with Crippen LogP contribution in [0.5, 0.6) is 5.75 Å². The second kappa shape index (κ2) is 9.91. The number of rotatable bonds is 5. The van der Waals surface area contributed by atoms with Crippen molar-refractivity contribution in [2.45, 2.75) is 32.3 Å². The summed E-state index contributed by atoms with van der Waals surface area (Å²) in [6.07, 6.45) is 6.35. The lowest BCUT2D eigenvalue weighted by Crippen LogP contribution is -2.41. The average Bonchev–Trinajstić information content (AvgIpc) is 3.44. The van der Waals surface area contributed by atoms with Crippen LogP contribution >= 0.6 is 23.2 Å². The highest BCUT2D eigenvalue weighted by Gasteiger charge is 2.44. The van der Waals surface area contributed by atoms with Gasteiger partial charge in [-0.1, -0.05) is 23.2 Å². The van der Waals surface area contributed by atoms with Crippen LogP contribution in [0.2, 0.25) is 10.0 Å². The molecule has 12 heteroatoms. The summed E-state index contributed by atoms with van der Waals surface area (Å²) in [5.41, 5.74) is 2.31. The SMILES string of the molecule is C[C@@H](Oc1ccc2[nH]nc(-c3cnc(N4CCC5(CC4)CCS(=O)(=O)C5)c(F)c3)c2c1)c1c(Cl)cncc1Cl. The van der Waals surface area contributed by atoms with E-state index >= 15 is 4.39 Å². The van der Waals surface area contributed by atoms with Crippen LogP contribution in [-0.4, -0.2) is 53.2 Å². The molecule has 0 unspecified atom stereocenters. The highest BCUT2D eigenvalue weighted by atomic mass is 35.5. The molecule has 4 aromatic rings. The van der Waals surface area contributed by atoms with Gasteiger partial charge in [-0.2, -0.15) is 5.10 Å². The van der Waals surface area contributed by atoms with E-state index < -0.39 is 21.8 Å². The maximum absolute atomic E-state index is 15.3. The number of aromatic amines is 1. The van der Waals surface area contributed by atoms with Crippen molar-refractivity contribution in [3.63, 3.8) is 0 Å². The monoisotopic (exact) mass is 589 g/mol. The van der Waals surface area contributed by atoms with Crippen LogP contribution in [0.4, 0.5) is 10.2 Å². The molecule has 2 aliphatic heterocycles. The van der Waals surface area contributed by atoms with E-state index in [0.717, 1.165) is 23.7 Å². The summed E-state index contributed by atoms with van der Waals surface area (Å²) in [4.78, 5) is 10.3. The molecule has 5 heterocycles. The predicted octanol–water partition coefficient (Wildman–Crippen LogP) is 6.01. The molecular weight excluding hydrogens is 564 g/mol. The highest BCUT2D eigenvalue weighted by Crippen LogP contribution is 2.43. The number of sulfone groups is 1. The number of fused-ring (bicyclic) bond motifs is 1. The van der Waals surface area contributed by atoms with E-state index in [-0.39, 0.29) is 22.7 Å². The van der Waals surface area contributed by atoms with Crippen molar-refractivity contribution in [3.8, 4) is 17.0 Å². The summed E-state index contributed by atoms with van der Waals surface area (Å²) in [6.45, 7) is 3.00. The number of H-pyrrole nitrogens is 1. The molecular formula is C27H26Cl2FN5O3S. The number of nitrogens with one attached hydrogen (secondary N) is 1. The molecule has 0 aliphatic carbocycles. The van der Waals surface area contributed by atoms with E-state index in [1.54, 1.807) is 6.20 Å². The predicted molar refractivity (Wildman–Crippen MR) is 150 cm³/mol. The van der Waals surface area contributed by atoms with Gasteiger partial charge in [-0.3, -0.25) is 10.1 Å². The number of benzene rings is 1. The Morgan fingerprint density at radius 1 is 1.10 bits per heavy atom. The summed E-state index contributed by atoms with van der Waals surface area (Å²) in [7, 11) is -2.96. The lowest BCUT2D eigenvalue weighted by atomic mass is 9.78. The molecule has 1 N–H and O–H groups in total. The quantitative estimate of drug-likeness (QED) is 0.304. The summed E-state index contributed by atoms with van der Waals surface area (Å²) >= 11 is 12.6. The molecule has 3 aromatic heterocycles. The number of halogens is 3. The molecule has 0 bridgehead atoms. The van der Waals surface area contributed by atoms with Gasteiger partial charge in [0.1, 0.15) is 17.5 Å².